The van der Waals surface area contributed by atoms with Crippen LogP contribution in [0.3, 0.4) is 0 Å². The van der Waals surface area contributed by atoms with E-state index in [2.05, 4.69) is 15.0 Å². The minimum atomic E-state index is 0.0845. The molecule has 0 saturated carbocycles. The zero-order chi connectivity index (χ0) is 12.3. The highest BCUT2D eigenvalue weighted by Crippen LogP contribution is 2.28. The lowest BCUT2D eigenvalue weighted by molar-refractivity contribution is 0.0996. The lowest BCUT2D eigenvalue weighted by atomic mass is 10.1. The molecule has 0 atom stereocenters. The fraction of sp³-hybridized carbons (Fsp3) is 0.273. The van der Waals surface area contributed by atoms with E-state index in [0.717, 1.165) is 11.1 Å². The molecule has 1 heterocycles. The quantitative estimate of drug-likeness (QED) is 0.807. The Kier molecular flexibility index (Phi) is 3.36. The molecule has 0 aliphatic carbocycles. The summed E-state index contributed by atoms with van der Waals surface area (Å²) in [5.74, 6) is 6.41. The van der Waals surface area contributed by atoms with E-state index < -0.39 is 0 Å². The molecule has 1 aromatic heterocycles. The van der Waals surface area contributed by atoms with Gasteiger partial charge in [0.25, 0.3) is 5.89 Å². The maximum absolute atomic E-state index is 5.27. The molecule has 6 nitrogen and oxygen atoms in total. The largest absolute Gasteiger partial charge is 0.496 e. The highest BCUT2D eigenvalue weighted by Gasteiger charge is 2.13. The van der Waals surface area contributed by atoms with E-state index >= 15 is 0 Å². The van der Waals surface area contributed by atoms with E-state index in [1.54, 1.807) is 7.11 Å². The van der Waals surface area contributed by atoms with Crippen LogP contribution < -0.4 is 10.6 Å². The molecular weight excluding hydrogens is 222 g/mol. The van der Waals surface area contributed by atoms with Crippen molar-refractivity contribution < 1.29 is 14.1 Å². The van der Waals surface area contributed by atoms with Gasteiger partial charge in [-0.25, -0.2) is 5.90 Å². The van der Waals surface area contributed by atoms with Gasteiger partial charge in [0, 0.05) is 0 Å². The summed E-state index contributed by atoms with van der Waals surface area (Å²) in [6.07, 6.45) is 0. The van der Waals surface area contributed by atoms with Gasteiger partial charge in [-0.3, -0.25) is 4.84 Å². The van der Waals surface area contributed by atoms with Crippen LogP contribution in [-0.4, -0.2) is 17.3 Å². The third-order valence-electron chi connectivity index (χ3n) is 2.27. The summed E-state index contributed by atoms with van der Waals surface area (Å²) in [7, 11) is 1.60. The first-order valence-electron chi connectivity index (χ1n) is 5.04. The van der Waals surface area contributed by atoms with Gasteiger partial charge in [0.2, 0.25) is 5.82 Å². The van der Waals surface area contributed by atoms with Crippen LogP contribution in [-0.2, 0) is 11.4 Å². The Morgan fingerprint density at radius 2 is 2.24 bits per heavy atom. The number of nitrogens with zero attached hydrogens (tertiary/aromatic N) is 2. The molecule has 0 aliphatic rings. The number of aryl methyl sites for hydroxylation is 1. The molecule has 6 heteroatoms. The topological polar surface area (TPSA) is 83.4 Å². The van der Waals surface area contributed by atoms with Crippen molar-refractivity contribution in [2.75, 3.05) is 7.11 Å². The SMILES string of the molecule is COc1cc(C)ccc1-c1noc(CON)n1. The molecule has 90 valence electrons. The molecule has 0 spiro atoms. The van der Waals surface area contributed by atoms with Crippen LogP contribution >= 0.6 is 0 Å². The van der Waals surface area contributed by atoms with E-state index in [9.17, 15) is 0 Å². The molecule has 0 radical (unpaired) electrons. The lowest BCUT2D eigenvalue weighted by Gasteiger charge is -2.05. The Hall–Kier alpha value is -1.92. The molecular formula is C11H13N3O3. The molecule has 0 bridgehead atoms. The zero-order valence-corrected chi connectivity index (χ0v) is 9.64. The van der Waals surface area contributed by atoms with Crippen LogP contribution in [0.2, 0.25) is 0 Å². The van der Waals surface area contributed by atoms with Crippen LogP contribution in [0.1, 0.15) is 11.5 Å². The predicted molar refractivity (Wildman–Crippen MR) is 60.0 cm³/mol. The molecule has 2 aromatic rings. The summed E-state index contributed by atoms with van der Waals surface area (Å²) >= 11 is 0. The Morgan fingerprint density at radius 3 is 2.94 bits per heavy atom. The van der Waals surface area contributed by atoms with Crippen molar-refractivity contribution in [2.24, 2.45) is 5.90 Å². The van der Waals surface area contributed by atoms with Crippen LogP contribution in [0.15, 0.2) is 22.7 Å². The Morgan fingerprint density at radius 1 is 1.41 bits per heavy atom. The van der Waals surface area contributed by atoms with Crippen molar-refractivity contribution in [3.8, 4) is 17.1 Å². The highest BCUT2D eigenvalue weighted by molar-refractivity contribution is 5.64. The average Bonchev–Trinajstić information content (AvgIpc) is 2.78. The number of hydrogen-bond donors (Lipinski definition) is 1. The number of nitrogens with two attached hydrogens (primary N) is 1. The average molecular weight is 235 g/mol. The molecule has 1 aromatic carbocycles. The number of benzene rings is 1. The fourth-order valence-electron chi connectivity index (χ4n) is 1.48. The maximum Gasteiger partial charge on any atom is 0.255 e. The van der Waals surface area contributed by atoms with E-state index in [1.165, 1.54) is 0 Å². The number of hydrogen-bond acceptors (Lipinski definition) is 6. The van der Waals surface area contributed by atoms with Crippen molar-refractivity contribution in [3.63, 3.8) is 0 Å². The van der Waals surface area contributed by atoms with E-state index in [0.29, 0.717) is 17.5 Å². The lowest BCUT2D eigenvalue weighted by Crippen LogP contribution is -1.98. The molecule has 0 amide bonds. The van der Waals surface area contributed by atoms with Gasteiger partial charge in [0.05, 0.1) is 12.7 Å². The molecule has 0 aliphatic heterocycles. The summed E-state index contributed by atoms with van der Waals surface area (Å²) in [5, 5.41) is 3.84. The Balaban J connectivity index is 2.37. The van der Waals surface area contributed by atoms with Crippen molar-refractivity contribution in [3.05, 3.63) is 29.7 Å². The second-order valence-corrected chi connectivity index (χ2v) is 3.53. The first-order chi connectivity index (χ1) is 8.24. The van der Waals surface area contributed by atoms with Crippen LogP contribution in [0.5, 0.6) is 5.75 Å². The van der Waals surface area contributed by atoms with Gasteiger partial charge in [-0.05, 0) is 24.6 Å². The second kappa shape index (κ2) is 4.94. The summed E-state index contributed by atoms with van der Waals surface area (Å²) in [6, 6.07) is 5.74. The first-order valence-corrected chi connectivity index (χ1v) is 5.04. The fourth-order valence-corrected chi connectivity index (χ4v) is 1.48. The molecule has 2 N–H and O–H groups in total. The van der Waals surface area contributed by atoms with E-state index in [-0.39, 0.29) is 6.61 Å². The number of methoxy groups -OCH3 is 1. The standard InChI is InChI=1S/C11H13N3O3/c1-7-3-4-8(9(5-7)15-2)11-13-10(6-16-12)17-14-11/h3-5H,6,12H2,1-2H3. The minimum Gasteiger partial charge on any atom is -0.496 e. The van der Waals surface area contributed by atoms with E-state index in [1.807, 2.05) is 25.1 Å². The van der Waals surface area contributed by atoms with Gasteiger partial charge in [0.15, 0.2) is 0 Å². The molecule has 2 rings (SSSR count). The summed E-state index contributed by atoms with van der Waals surface area (Å²) in [4.78, 5) is 8.57. The highest BCUT2D eigenvalue weighted by atomic mass is 16.6. The van der Waals surface area contributed by atoms with Crippen molar-refractivity contribution >= 4 is 0 Å². The van der Waals surface area contributed by atoms with Crippen LogP contribution in [0.4, 0.5) is 0 Å². The van der Waals surface area contributed by atoms with Gasteiger partial charge >= 0.3 is 0 Å². The third kappa shape index (κ3) is 2.43. The Labute approximate surface area is 98.3 Å². The van der Waals surface area contributed by atoms with E-state index in [4.69, 9.17) is 15.2 Å². The van der Waals surface area contributed by atoms with Gasteiger partial charge in [-0.1, -0.05) is 11.2 Å². The molecule has 0 unspecified atom stereocenters. The second-order valence-electron chi connectivity index (χ2n) is 3.53. The number of ether oxygens (including phenoxy) is 1. The van der Waals surface area contributed by atoms with Gasteiger partial charge in [-0.2, -0.15) is 4.98 Å². The normalized spacial score (nSPS) is 10.5. The van der Waals surface area contributed by atoms with Crippen molar-refractivity contribution in [2.45, 2.75) is 13.5 Å². The Bertz CT molecular complexity index is 510. The summed E-state index contributed by atoms with van der Waals surface area (Å²) in [5.41, 5.74) is 1.87. The first kappa shape index (κ1) is 11.6. The maximum atomic E-state index is 5.27. The molecule has 0 fully saturated rings. The van der Waals surface area contributed by atoms with Crippen LogP contribution in [0, 0.1) is 6.92 Å². The van der Waals surface area contributed by atoms with Crippen LogP contribution in [0.25, 0.3) is 11.4 Å². The third-order valence-corrected chi connectivity index (χ3v) is 2.27. The van der Waals surface area contributed by atoms with Crippen molar-refractivity contribution in [1.29, 1.82) is 0 Å². The monoisotopic (exact) mass is 235 g/mol. The summed E-state index contributed by atoms with van der Waals surface area (Å²) in [6.45, 7) is 2.07. The zero-order valence-electron chi connectivity index (χ0n) is 9.64. The predicted octanol–water partition coefficient (Wildman–Crippen LogP) is 1.44. The molecule has 17 heavy (non-hydrogen) atoms. The van der Waals surface area contributed by atoms with Crippen molar-refractivity contribution in [1.82, 2.24) is 10.1 Å². The van der Waals surface area contributed by atoms with Gasteiger partial charge in [-0.15, -0.1) is 0 Å². The molecule has 0 saturated heterocycles. The number of rotatable bonds is 4. The minimum absolute atomic E-state index is 0.0845. The smallest absolute Gasteiger partial charge is 0.255 e. The number of aromatic nitrogens is 2. The van der Waals surface area contributed by atoms with Gasteiger partial charge < -0.3 is 9.26 Å². The van der Waals surface area contributed by atoms with Gasteiger partial charge in [0.1, 0.15) is 12.4 Å². The summed E-state index contributed by atoms with van der Waals surface area (Å²) < 4.78 is 10.2.